The van der Waals surface area contributed by atoms with Crippen LogP contribution < -0.4 is 5.73 Å². The van der Waals surface area contributed by atoms with Crippen LogP contribution in [0.1, 0.15) is 33.7 Å². The predicted molar refractivity (Wildman–Crippen MR) is 73.3 cm³/mol. The van der Waals surface area contributed by atoms with Gasteiger partial charge in [0.05, 0.1) is 16.1 Å². The van der Waals surface area contributed by atoms with E-state index in [0.29, 0.717) is 11.0 Å². The quantitative estimate of drug-likeness (QED) is 0.836. The summed E-state index contributed by atoms with van der Waals surface area (Å²) in [5.74, 6) is 0.524. The molecule has 1 aromatic heterocycles. The van der Waals surface area contributed by atoms with Crippen LogP contribution >= 0.6 is 11.6 Å². The monoisotopic (exact) mass is 251 g/mol. The summed E-state index contributed by atoms with van der Waals surface area (Å²) in [7, 11) is 0. The molecule has 1 atom stereocenters. The van der Waals surface area contributed by atoms with Gasteiger partial charge in [-0.15, -0.1) is 0 Å². The highest BCUT2D eigenvalue weighted by atomic mass is 35.5. The number of nitrogen functional groups attached to an aromatic ring is 1. The lowest BCUT2D eigenvalue weighted by molar-refractivity contribution is 0.270. The van der Waals surface area contributed by atoms with E-state index in [1.54, 1.807) is 0 Å². The summed E-state index contributed by atoms with van der Waals surface area (Å²) in [5, 5.41) is 0.697. The molecule has 0 saturated carbocycles. The number of imidazole rings is 1. The third kappa shape index (κ3) is 2.00. The maximum absolute atomic E-state index is 6.25. The number of para-hydroxylation sites is 1. The Labute approximate surface area is 107 Å². The summed E-state index contributed by atoms with van der Waals surface area (Å²) in [6, 6.07) is 5.93. The normalized spacial score (nSPS) is 14.2. The van der Waals surface area contributed by atoms with E-state index in [-0.39, 0.29) is 11.5 Å². The molecular formula is C13H18ClN3. The van der Waals surface area contributed by atoms with Gasteiger partial charge in [-0.3, -0.25) is 0 Å². The molecule has 0 aliphatic heterocycles. The first kappa shape index (κ1) is 12.2. The SMILES string of the molecule is CC(n1c(N)nc2cccc(Cl)c21)C(C)(C)C. The number of aromatic nitrogens is 2. The lowest BCUT2D eigenvalue weighted by atomic mass is 9.88. The molecule has 2 rings (SSSR count). The molecule has 0 aliphatic carbocycles. The first-order chi connectivity index (χ1) is 7.82. The highest BCUT2D eigenvalue weighted by Crippen LogP contribution is 2.36. The van der Waals surface area contributed by atoms with E-state index in [2.05, 4.69) is 32.7 Å². The number of rotatable bonds is 1. The minimum Gasteiger partial charge on any atom is -0.369 e. The van der Waals surface area contributed by atoms with Crippen LogP contribution in [0.2, 0.25) is 5.02 Å². The highest BCUT2D eigenvalue weighted by molar-refractivity contribution is 6.35. The van der Waals surface area contributed by atoms with E-state index in [4.69, 9.17) is 17.3 Å². The molecule has 0 fully saturated rings. The van der Waals surface area contributed by atoms with Crippen molar-refractivity contribution in [1.82, 2.24) is 9.55 Å². The average Bonchev–Trinajstić information content (AvgIpc) is 2.53. The molecule has 0 spiro atoms. The highest BCUT2D eigenvalue weighted by Gasteiger charge is 2.25. The minimum absolute atomic E-state index is 0.0981. The van der Waals surface area contributed by atoms with Crippen molar-refractivity contribution in [3.63, 3.8) is 0 Å². The topological polar surface area (TPSA) is 43.8 Å². The van der Waals surface area contributed by atoms with Gasteiger partial charge >= 0.3 is 0 Å². The molecule has 1 aromatic carbocycles. The standard InChI is InChI=1S/C13H18ClN3/c1-8(13(2,3)4)17-11-9(14)6-5-7-10(11)16-12(17)15/h5-8H,1-4H3,(H2,15,16). The van der Waals surface area contributed by atoms with Crippen molar-refractivity contribution >= 4 is 28.6 Å². The molecule has 2 N–H and O–H groups in total. The van der Waals surface area contributed by atoms with Gasteiger partial charge in [-0.2, -0.15) is 0 Å². The zero-order valence-electron chi connectivity index (χ0n) is 10.7. The fraction of sp³-hybridized carbons (Fsp3) is 0.462. The molecule has 4 heteroatoms. The fourth-order valence-corrected chi connectivity index (χ4v) is 2.16. The lowest BCUT2D eigenvalue weighted by Gasteiger charge is -2.29. The summed E-state index contributed by atoms with van der Waals surface area (Å²) in [6.45, 7) is 8.68. The molecule has 0 saturated heterocycles. The summed E-state index contributed by atoms with van der Waals surface area (Å²) in [6.07, 6.45) is 0. The van der Waals surface area contributed by atoms with Gasteiger partial charge in [0.1, 0.15) is 0 Å². The van der Waals surface area contributed by atoms with Gasteiger partial charge in [-0.25, -0.2) is 4.98 Å². The van der Waals surface area contributed by atoms with Crippen molar-refractivity contribution in [2.24, 2.45) is 5.41 Å². The van der Waals surface area contributed by atoms with Gasteiger partial charge in [0.25, 0.3) is 0 Å². The number of nitrogens with zero attached hydrogens (tertiary/aromatic N) is 2. The Balaban J connectivity index is 2.73. The lowest BCUT2D eigenvalue weighted by Crippen LogP contribution is -2.22. The van der Waals surface area contributed by atoms with Crippen molar-refractivity contribution in [1.29, 1.82) is 0 Å². The fourth-order valence-electron chi connectivity index (χ4n) is 1.90. The van der Waals surface area contributed by atoms with Crippen LogP contribution in [0.15, 0.2) is 18.2 Å². The number of hydrogen-bond acceptors (Lipinski definition) is 2. The van der Waals surface area contributed by atoms with Crippen molar-refractivity contribution in [3.05, 3.63) is 23.2 Å². The summed E-state index contributed by atoms with van der Waals surface area (Å²) >= 11 is 6.25. The molecule has 1 heterocycles. The summed E-state index contributed by atoms with van der Waals surface area (Å²) < 4.78 is 2.03. The van der Waals surface area contributed by atoms with E-state index in [1.807, 2.05) is 22.8 Å². The van der Waals surface area contributed by atoms with Gasteiger partial charge in [0.15, 0.2) is 0 Å². The van der Waals surface area contributed by atoms with E-state index >= 15 is 0 Å². The second kappa shape index (κ2) is 3.91. The Morgan fingerprint density at radius 1 is 1.35 bits per heavy atom. The van der Waals surface area contributed by atoms with Gasteiger partial charge in [-0.1, -0.05) is 38.4 Å². The zero-order chi connectivity index (χ0) is 12.8. The van der Waals surface area contributed by atoms with Crippen LogP contribution in [-0.4, -0.2) is 9.55 Å². The zero-order valence-corrected chi connectivity index (χ0v) is 11.4. The van der Waals surface area contributed by atoms with E-state index < -0.39 is 0 Å². The third-order valence-electron chi connectivity index (χ3n) is 3.33. The van der Waals surface area contributed by atoms with Crippen LogP contribution in [0.5, 0.6) is 0 Å². The van der Waals surface area contributed by atoms with Crippen molar-refractivity contribution in [2.75, 3.05) is 5.73 Å². The Hall–Kier alpha value is -1.22. The molecule has 0 amide bonds. The second-order valence-corrected chi connectivity index (χ2v) is 5.90. The molecule has 17 heavy (non-hydrogen) atoms. The van der Waals surface area contributed by atoms with E-state index in [1.165, 1.54) is 0 Å². The number of anilines is 1. The van der Waals surface area contributed by atoms with Gasteiger partial charge < -0.3 is 10.3 Å². The third-order valence-corrected chi connectivity index (χ3v) is 3.63. The molecular weight excluding hydrogens is 234 g/mol. The van der Waals surface area contributed by atoms with Crippen molar-refractivity contribution in [3.8, 4) is 0 Å². The van der Waals surface area contributed by atoms with E-state index in [0.717, 1.165) is 11.0 Å². The van der Waals surface area contributed by atoms with Crippen molar-refractivity contribution in [2.45, 2.75) is 33.7 Å². The molecule has 2 aromatic rings. The molecule has 0 bridgehead atoms. The number of benzene rings is 1. The Bertz CT molecular complexity index is 552. The maximum atomic E-state index is 6.25. The summed E-state index contributed by atoms with van der Waals surface area (Å²) in [4.78, 5) is 4.36. The van der Waals surface area contributed by atoms with Crippen LogP contribution in [0.25, 0.3) is 11.0 Å². The second-order valence-electron chi connectivity index (χ2n) is 5.49. The van der Waals surface area contributed by atoms with Crippen LogP contribution in [0, 0.1) is 5.41 Å². The van der Waals surface area contributed by atoms with Crippen LogP contribution in [-0.2, 0) is 0 Å². The molecule has 1 unspecified atom stereocenters. The van der Waals surface area contributed by atoms with Gasteiger partial charge in [-0.05, 0) is 24.5 Å². The van der Waals surface area contributed by atoms with Gasteiger partial charge in [0, 0.05) is 6.04 Å². The Morgan fingerprint density at radius 3 is 2.59 bits per heavy atom. The smallest absolute Gasteiger partial charge is 0.201 e. The largest absolute Gasteiger partial charge is 0.369 e. The van der Waals surface area contributed by atoms with Crippen LogP contribution in [0.3, 0.4) is 0 Å². The number of fused-ring (bicyclic) bond motifs is 1. The molecule has 0 radical (unpaired) electrons. The number of nitrogens with two attached hydrogens (primary N) is 1. The van der Waals surface area contributed by atoms with Crippen LogP contribution in [0.4, 0.5) is 5.95 Å². The van der Waals surface area contributed by atoms with E-state index in [9.17, 15) is 0 Å². The molecule has 0 aliphatic rings. The first-order valence-electron chi connectivity index (χ1n) is 5.74. The van der Waals surface area contributed by atoms with Gasteiger partial charge in [0.2, 0.25) is 5.95 Å². The predicted octanol–water partition coefficient (Wildman–Crippen LogP) is 3.88. The maximum Gasteiger partial charge on any atom is 0.201 e. The summed E-state index contributed by atoms with van der Waals surface area (Å²) in [5.41, 5.74) is 7.89. The van der Waals surface area contributed by atoms with Crippen molar-refractivity contribution < 1.29 is 0 Å². The minimum atomic E-state index is 0.0981. The Morgan fingerprint density at radius 2 is 2.00 bits per heavy atom. The average molecular weight is 252 g/mol. The number of halogens is 1. The number of hydrogen-bond donors (Lipinski definition) is 1. The Kier molecular flexibility index (Phi) is 2.82. The molecule has 92 valence electrons. The first-order valence-corrected chi connectivity index (χ1v) is 6.12. The molecule has 3 nitrogen and oxygen atoms in total.